The van der Waals surface area contributed by atoms with Crippen LogP contribution in [0.5, 0.6) is 23.0 Å². The summed E-state index contributed by atoms with van der Waals surface area (Å²) >= 11 is 1.20. The molecule has 6 rings (SSSR count). The van der Waals surface area contributed by atoms with Crippen molar-refractivity contribution in [3.8, 4) is 23.0 Å². The molecule has 0 unspecified atom stereocenters. The smallest absolute Gasteiger partial charge is 0.343 e. The topological polar surface area (TPSA) is 115 Å². The number of methoxy groups -OCH3 is 3. The van der Waals surface area contributed by atoms with E-state index < -0.39 is 18.0 Å². The van der Waals surface area contributed by atoms with E-state index >= 15 is 0 Å². The van der Waals surface area contributed by atoms with Crippen LogP contribution in [0.15, 0.2) is 112 Å². The van der Waals surface area contributed by atoms with Crippen LogP contribution in [-0.2, 0) is 9.53 Å². The maximum absolute atomic E-state index is 14.2. The van der Waals surface area contributed by atoms with Crippen molar-refractivity contribution in [2.24, 2.45) is 4.99 Å². The Kier molecular flexibility index (Phi) is 9.72. The molecule has 0 aliphatic carbocycles. The van der Waals surface area contributed by atoms with E-state index in [1.165, 1.54) is 30.1 Å². The molecular formula is C38H32N2O8S. The maximum Gasteiger partial charge on any atom is 0.343 e. The highest BCUT2D eigenvalue weighted by Gasteiger charge is 2.35. The van der Waals surface area contributed by atoms with Gasteiger partial charge in [-0.05, 0) is 72.7 Å². The Morgan fingerprint density at radius 1 is 0.816 bits per heavy atom. The first-order valence-electron chi connectivity index (χ1n) is 15.3. The van der Waals surface area contributed by atoms with E-state index in [1.54, 1.807) is 86.8 Å². The fourth-order valence-corrected chi connectivity index (χ4v) is 6.46. The van der Waals surface area contributed by atoms with Gasteiger partial charge >= 0.3 is 11.9 Å². The summed E-state index contributed by atoms with van der Waals surface area (Å²) in [6.07, 6.45) is 1.74. The van der Waals surface area contributed by atoms with E-state index in [4.69, 9.17) is 28.7 Å². The van der Waals surface area contributed by atoms with Gasteiger partial charge in [0.15, 0.2) is 16.3 Å². The summed E-state index contributed by atoms with van der Waals surface area (Å²) in [5.74, 6) is 0.830. The van der Waals surface area contributed by atoms with Crippen molar-refractivity contribution in [2.75, 3.05) is 27.9 Å². The lowest BCUT2D eigenvalue weighted by atomic mass is 9.93. The summed E-state index contributed by atoms with van der Waals surface area (Å²) < 4.78 is 29.2. The maximum atomic E-state index is 14.2. The zero-order valence-electron chi connectivity index (χ0n) is 27.2. The zero-order chi connectivity index (χ0) is 34.5. The molecular weight excluding hydrogens is 644 g/mol. The Balaban J connectivity index is 1.44. The highest BCUT2D eigenvalue weighted by molar-refractivity contribution is 7.07. The normalized spacial score (nSPS) is 14.0. The number of fused-ring (bicyclic) bond motifs is 1. The van der Waals surface area contributed by atoms with E-state index in [2.05, 4.69) is 0 Å². The van der Waals surface area contributed by atoms with Crippen molar-refractivity contribution < 1.29 is 33.3 Å². The van der Waals surface area contributed by atoms with Gasteiger partial charge in [-0.15, -0.1) is 0 Å². The van der Waals surface area contributed by atoms with E-state index in [0.29, 0.717) is 60.3 Å². The second kappa shape index (κ2) is 14.4. The summed E-state index contributed by atoms with van der Waals surface area (Å²) in [6.45, 7) is 1.87. The van der Waals surface area contributed by atoms with Crippen LogP contribution in [0.4, 0.5) is 0 Å². The Bertz CT molecular complexity index is 2220. The van der Waals surface area contributed by atoms with Gasteiger partial charge in [0.05, 0.1) is 55.3 Å². The van der Waals surface area contributed by atoms with Crippen molar-refractivity contribution in [3.63, 3.8) is 0 Å². The summed E-state index contributed by atoms with van der Waals surface area (Å²) in [5, 5.41) is 0. The number of thiazole rings is 1. The molecule has 4 aromatic carbocycles. The third kappa shape index (κ3) is 6.74. The largest absolute Gasteiger partial charge is 0.497 e. The number of hydrogen-bond donors (Lipinski definition) is 0. The average molecular weight is 677 g/mol. The SMILES string of the molecule is CCOC(=O)C1=C(c2ccccc2)N=c2s/c(=C\c3ccc(OC(=O)c4ccc(OC)cc4)cc3)c(=O)n2[C@@H]1c1ccc(OC)c(OC)c1. The summed E-state index contributed by atoms with van der Waals surface area (Å²) in [4.78, 5) is 45.9. The molecule has 0 radical (unpaired) electrons. The molecule has 0 saturated carbocycles. The van der Waals surface area contributed by atoms with Crippen molar-refractivity contribution in [3.05, 3.63) is 145 Å². The number of nitrogens with zero attached hydrogens (tertiary/aromatic N) is 2. The predicted molar refractivity (Wildman–Crippen MR) is 185 cm³/mol. The zero-order valence-corrected chi connectivity index (χ0v) is 28.0. The molecule has 1 aromatic heterocycles. The minimum absolute atomic E-state index is 0.138. The van der Waals surface area contributed by atoms with E-state index in [1.807, 2.05) is 30.3 Å². The fourth-order valence-electron chi connectivity index (χ4n) is 5.46. The molecule has 11 heteroatoms. The number of esters is 2. The van der Waals surface area contributed by atoms with E-state index in [-0.39, 0.29) is 17.7 Å². The van der Waals surface area contributed by atoms with Crippen molar-refractivity contribution in [2.45, 2.75) is 13.0 Å². The van der Waals surface area contributed by atoms with Crippen molar-refractivity contribution in [1.29, 1.82) is 0 Å². The minimum Gasteiger partial charge on any atom is -0.497 e. The molecule has 0 amide bonds. The predicted octanol–water partition coefficient (Wildman–Crippen LogP) is 5.18. The van der Waals surface area contributed by atoms with Crippen LogP contribution in [0.3, 0.4) is 0 Å². The first-order chi connectivity index (χ1) is 23.8. The summed E-state index contributed by atoms with van der Waals surface area (Å²) in [7, 11) is 4.61. The van der Waals surface area contributed by atoms with Crippen LogP contribution in [0.1, 0.15) is 40.0 Å². The molecule has 1 aliphatic rings. The molecule has 0 bridgehead atoms. The first kappa shape index (κ1) is 33.0. The molecule has 0 spiro atoms. The van der Waals surface area contributed by atoms with Gasteiger partial charge in [0, 0.05) is 5.56 Å². The molecule has 0 saturated heterocycles. The number of hydrogen-bond acceptors (Lipinski definition) is 10. The lowest BCUT2D eigenvalue weighted by molar-refractivity contribution is -0.138. The van der Waals surface area contributed by atoms with Gasteiger partial charge in [-0.2, -0.15) is 0 Å². The van der Waals surface area contributed by atoms with Crippen LogP contribution >= 0.6 is 11.3 Å². The van der Waals surface area contributed by atoms with Gasteiger partial charge < -0.3 is 23.7 Å². The highest BCUT2D eigenvalue weighted by atomic mass is 32.1. The van der Waals surface area contributed by atoms with Crippen LogP contribution in [0.25, 0.3) is 11.8 Å². The molecule has 248 valence electrons. The minimum atomic E-state index is -0.882. The summed E-state index contributed by atoms with van der Waals surface area (Å²) in [6, 6.07) is 27.2. The second-order valence-electron chi connectivity index (χ2n) is 10.7. The lowest BCUT2D eigenvalue weighted by Gasteiger charge is -2.26. The van der Waals surface area contributed by atoms with Gasteiger partial charge in [0.1, 0.15) is 11.5 Å². The van der Waals surface area contributed by atoms with E-state index in [0.717, 1.165) is 0 Å². The monoisotopic (exact) mass is 676 g/mol. The molecule has 0 fully saturated rings. The number of benzene rings is 4. The van der Waals surface area contributed by atoms with E-state index in [9.17, 15) is 14.4 Å². The Hall–Kier alpha value is -5.94. The molecule has 0 N–H and O–H groups in total. The van der Waals surface area contributed by atoms with Crippen LogP contribution in [0.2, 0.25) is 0 Å². The van der Waals surface area contributed by atoms with Crippen LogP contribution in [0, 0.1) is 0 Å². The molecule has 1 atom stereocenters. The third-order valence-corrected chi connectivity index (χ3v) is 8.79. The van der Waals surface area contributed by atoms with Crippen LogP contribution in [-0.4, -0.2) is 44.4 Å². The van der Waals surface area contributed by atoms with Gasteiger partial charge in [0.2, 0.25) is 0 Å². The van der Waals surface area contributed by atoms with Gasteiger partial charge in [0.25, 0.3) is 5.56 Å². The lowest BCUT2D eigenvalue weighted by Crippen LogP contribution is -2.40. The van der Waals surface area contributed by atoms with Gasteiger partial charge in [-0.1, -0.05) is 59.9 Å². The number of aromatic nitrogens is 1. The highest BCUT2D eigenvalue weighted by Crippen LogP contribution is 2.38. The second-order valence-corrected chi connectivity index (χ2v) is 11.7. The first-order valence-corrected chi connectivity index (χ1v) is 16.1. The standard InChI is InChI=1S/C38H32N2O8S/c1-5-47-37(43)32-33(24-9-7-6-8-10-24)39-38-40(34(32)26-15-20-29(45-3)30(22-26)46-4)35(41)31(49-38)21-23-11-16-28(17-12-23)48-36(42)25-13-18-27(44-2)19-14-25/h6-22,34H,5H2,1-4H3/b31-21-/t34-/m1/s1. The molecule has 2 heterocycles. The number of carbonyl (C=O) groups excluding carboxylic acids is 2. The third-order valence-electron chi connectivity index (χ3n) is 7.81. The molecule has 1 aliphatic heterocycles. The summed E-state index contributed by atoms with van der Waals surface area (Å²) in [5.41, 5.74) is 2.69. The Labute approximate surface area is 285 Å². The molecule has 5 aromatic rings. The Morgan fingerprint density at radius 3 is 2.16 bits per heavy atom. The Morgan fingerprint density at radius 2 is 1.51 bits per heavy atom. The van der Waals surface area contributed by atoms with Gasteiger partial charge in [-0.3, -0.25) is 9.36 Å². The van der Waals surface area contributed by atoms with Crippen molar-refractivity contribution >= 4 is 35.0 Å². The quantitative estimate of drug-likeness (QED) is 0.147. The average Bonchev–Trinajstić information content (AvgIpc) is 3.45. The van der Waals surface area contributed by atoms with Crippen molar-refractivity contribution in [1.82, 2.24) is 4.57 Å². The number of carbonyl (C=O) groups is 2. The fraction of sp³-hybridized carbons (Fsp3) is 0.158. The number of rotatable bonds is 10. The van der Waals surface area contributed by atoms with Crippen LogP contribution < -0.4 is 33.8 Å². The number of ether oxygens (including phenoxy) is 5. The molecule has 10 nitrogen and oxygen atoms in total. The van der Waals surface area contributed by atoms with Gasteiger partial charge in [-0.25, -0.2) is 14.6 Å². The molecule has 49 heavy (non-hydrogen) atoms.